The molecule has 146 valence electrons. The van der Waals surface area contributed by atoms with Gasteiger partial charge in [0.1, 0.15) is 24.0 Å². The summed E-state index contributed by atoms with van der Waals surface area (Å²) in [5, 5.41) is 9.37. The number of carbonyl (C=O) groups is 2. The molecule has 0 N–H and O–H groups in total. The molecule has 3 rings (SSSR count). The maximum absolute atomic E-state index is 12.8. The van der Waals surface area contributed by atoms with E-state index in [1.54, 1.807) is 13.0 Å². The molecule has 0 bridgehead atoms. The van der Waals surface area contributed by atoms with Gasteiger partial charge in [0.25, 0.3) is 11.8 Å². The van der Waals surface area contributed by atoms with E-state index in [0.717, 1.165) is 21.8 Å². The van der Waals surface area contributed by atoms with Crippen molar-refractivity contribution in [2.75, 3.05) is 6.54 Å². The van der Waals surface area contributed by atoms with Gasteiger partial charge in [-0.05, 0) is 48.3 Å². The number of rotatable bonds is 6. The minimum Gasteiger partial charge on any atom is -0.489 e. The van der Waals surface area contributed by atoms with Crippen molar-refractivity contribution >= 4 is 17.9 Å². The van der Waals surface area contributed by atoms with E-state index in [4.69, 9.17) is 4.74 Å². The highest BCUT2D eigenvalue weighted by Crippen LogP contribution is 2.27. The minimum absolute atomic E-state index is 0.0205. The lowest BCUT2D eigenvalue weighted by molar-refractivity contribution is -0.140. The van der Waals surface area contributed by atoms with Crippen LogP contribution in [0.3, 0.4) is 0 Å². The lowest BCUT2D eigenvalue weighted by atomic mass is 9.93. The Balaban J connectivity index is 1.82. The van der Waals surface area contributed by atoms with Crippen molar-refractivity contribution in [2.45, 2.75) is 26.9 Å². The molecule has 0 saturated carbocycles. The van der Waals surface area contributed by atoms with Gasteiger partial charge in [-0.3, -0.25) is 14.5 Å². The minimum atomic E-state index is -0.515. The molecule has 5 nitrogen and oxygen atoms in total. The maximum Gasteiger partial charge on any atom is 0.271 e. The summed E-state index contributed by atoms with van der Waals surface area (Å²) >= 11 is 0. The van der Waals surface area contributed by atoms with Crippen LogP contribution in [0.5, 0.6) is 5.75 Å². The first kappa shape index (κ1) is 20.1. The number of imide groups is 1. The summed E-state index contributed by atoms with van der Waals surface area (Å²) < 4.78 is 5.78. The van der Waals surface area contributed by atoms with Gasteiger partial charge in [0.2, 0.25) is 0 Å². The standard InChI is InChI=1S/C24H22N2O3/c1-3-13-26-23(27)21(17(2)22(15-25)24(26)28)14-18-9-11-20(12-10-18)29-16-19-7-5-4-6-8-19/h4-12,14H,3,13,16H2,1-2H3/b21-14+. The summed E-state index contributed by atoms with van der Waals surface area (Å²) in [5.74, 6) is -0.157. The summed E-state index contributed by atoms with van der Waals surface area (Å²) in [5.41, 5.74) is 2.68. The summed E-state index contributed by atoms with van der Waals surface area (Å²) in [6.45, 7) is 4.29. The van der Waals surface area contributed by atoms with Gasteiger partial charge in [0, 0.05) is 12.1 Å². The number of amides is 2. The maximum atomic E-state index is 12.8. The van der Waals surface area contributed by atoms with Crippen molar-refractivity contribution in [3.63, 3.8) is 0 Å². The lowest BCUT2D eigenvalue weighted by Crippen LogP contribution is -2.43. The van der Waals surface area contributed by atoms with Gasteiger partial charge in [-0.2, -0.15) is 5.26 Å². The highest BCUT2D eigenvalue weighted by atomic mass is 16.5. The average molecular weight is 386 g/mol. The van der Waals surface area contributed by atoms with Crippen LogP contribution in [-0.4, -0.2) is 23.3 Å². The lowest BCUT2D eigenvalue weighted by Gasteiger charge is -2.27. The van der Waals surface area contributed by atoms with Crippen LogP contribution in [0.25, 0.3) is 6.08 Å². The predicted molar refractivity (Wildman–Crippen MR) is 111 cm³/mol. The quantitative estimate of drug-likeness (QED) is 0.549. The smallest absolute Gasteiger partial charge is 0.271 e. The van der Waals surface area contributed by atoms with Gasteiger partial charge in [0.05, 0.1) is 0 Å². The Morgan fingerprint density at radius 1 is 1.03 bits per heavy atom. The van der Waals surface area contributed by atoms with Crippen molar-refractivity contribution in [3.05, 3.63) is 82.4 Å². The van der Waals surface area contributed by atoms with Crippen molar-refractivity contribution in [1.29, 1.82) is 5.26 Å². The first-order chi connectivity index (χ1) is 14.0. The molecule has 0 aliphatic carbocycles. The third-order valence-corrected chi connectivity index (χ3v) is 4.71. The van der Waals surface area contributed by atoms with Gasteiger partial charge in [-0.15, -0.1) is 0 Å². The number of hydrogen-bond acceptors (Lipinski definition) is 4. The Hall–Kier alpha value is -3.65. The monoisotopic (exact) mass is 386 g/mol. The van der Waals surface area contributed by atoms with Crippen LogP contribution in [0.15, 0.2) is 71.3 Å². The zero-order chi connectivity index (χ0) is 20.8. The average Bonchev–Trinajstić information content (AvgIpc) is 2.75. The van der Waals surface area contributed by atoms with Crippen LogP contribution in [-0.2, 0) is 16.2 Å². The molecule has 0 saturated heterocycles. The molecule has 0 aromatic heterocycles. The fourth-order valence-electron chi connectivity index (χ4n) is 3.12. The molecular formula is C24H22N2O3. The molecule has 0 spiro atoms. The van der Waals surface area contributed by atoms with Crippen molar-refractivity contribution in [1.82, 2.24) is 4.90 Å². The van der Waals surface area contributed by atoms with Gasteiger partial charge < -0.3 is 4.74 Å². The second kappa shape index (κ2) is 9.03. The molecule has 29 heavy (non-hydrogen) atoms. The SMILES string of the molecule is CCCN1C(=O)C(C#N)=C(C)/C(=C\c2ccc(OCc3ccccc3)cc2)C1=O. The normalized spacial score (nSPS) is 15.6. The molecule has 2 amide bonds. The fourth-order valence-corrected chi connectivity index (χ4v) is 3.12. The Morgan fingerprint density at radius 3 is 2.34 bits per heavy atom. The Bertz CT molecular complexity index is 1010. The van der Waals surface area contributed by atoms with Crippen LogP contribution in [0, 0.1) is 11.3 Å². The van der Waals surface area contributed by atoms with E-state index in [1.807, 2.05) is 67.6 Å². The molecular weight excluding hydrogens is 364 g/mol. The fraction of sp³-hybridized carbons (Fsp3) is 0.208. The molecule has 0 unspecified atom stereocenters. The Morgan fingerprint density at radius 2 is 1.72 bits per heavy atom. The summed E-state index contributed by atoms with van der Waals surface area (Å²) in [7, 11) is 0. The van der Waals surface area contributed by atoms with E-state index in [2.05, 4.69) is 0 Å². The number of nitriles is 1. The van der Waals surface area contributed by atoms with Crippen LogP contribution < -0.4 is 4.74 Å². The van der Waals surface area contributed by atoms with E-state index in [-0.39, 0.29) is 11.5 Å². The molecule has 1 aliphatic heterocycles. The van der Waals surface area contributed by atoms with Crippen LogP contribution >= 0.6 is 0 Å². The van der Waals surface area contributed by atoms with Gasteiger partial charge in [-0.25, -0.2) is 0 Å². The van der Waals surface area contributed by atoms with E-state index in [9.17, 15) is 14.9 Å². The molecule has 0 atom stereocenters. The molecule has 0 radical (unpaired) electrons. The number of hydrogen-bond donors (Lipinski definition) is 0. The summed E-state index contributed by atoms with van der Waals surface area (Å²) in [4.78, 5) is 26.3. The molecule has 2 aromatic carbocycles. The summed E-state index contributed by atoms with van der Waals surface area (Å²) in [6.07, 6.45) is 2.35. The third kappa shape index (κ3) is 4.44. The third-order valence-electron chi connectivity index (χ3n) is 4.71. The van der Waals surface area contributed by atoms with Crippen LogP contribution in [0.1, 0.15) is 31.4 Å². The summed E-state index contributed by atoms with van der Waals surface area (Å²) in [6, 6.07) is 19.2. The first-order valence-corrected chi connectivity index (χ1v) is 9.51. The molecule has 0 fully saturated rings. The van der Waals surface area contributed by atoms with Crippen LogP contribution in [0.4, 0.5) is 0 Å². The van der Waals surface area contributed by atoms with E-state index >= 15 is 0 Å². The van der Waals surface area contributed by atoms with Crippen molar-refractivity contribution in [2.24, 2.45) is 0 Å². The van der Waals surface area contributed by atoms with Gasteiger partial charge in [-0.1, -0.05) is 49.4 Å². The van der Waals surface area contributed by atoms with Crippen LogP contribution in [0.2, 0.25) is 0 Å². The van der Waals surface area contributed by atoms with Gasteiger partial charge >= 0.3 is 0 Å². The topological polar surface area (TPSA) is 70.4 Å². The van der Waals surface area contributed by atoms with E-state index < -0.39 is 5.91 Å². The highest BCUT2D eigenvalue weighted by Gasteiger charge is 2.34. The van der Waals surface area contributed by atoms with Crippen molar-refractivity contribution < 1.29 is 14.3 Å². The van der Waals surface area contributed by atoms with E-state index in [0.29, 0.717) is 30.7 Å². The number of nitrogens with zero attached hydrogens (tertiary/aromatic N) is 2. The largest absolute Gasteiger partial charge is 0.489 e. The Labute approximate surface area is 170 Å². The zero-order valence-electron chi connectivity index (χ0n) is 16.5. The molecule has 1 heterocycles. The van der Waals surface area contributed by atoms with Crippen molar-refractivity contribution in [3.8, 4) is 11.8 Å². The number of carbonyl (C=O) groups excluding carboxylic acids is 2. The Kier molecular flexibility index (Phi) is 6.25. The highest BCUT2D eigenvalue weighted by molar-refractivity contribution is 6.19. The first-order valence-electron chi connectivity index (χ1n) is 9.51. The van der Waals surface area contributed by atoms with E-state index in [1.165, 1.54) is 0 Å². The second-order valence-electron chi connectivity index (χ2n) is 6.78. The number of ether oxygens (including phenoxy) is 1. The predicted octanol–water partition coefficient (Wildman–Crippen LogP) is 4.27. The molecule has 2 aromatic rings. The molecule has 1 aliphatic rings. The molecule has 5 heteroatoms. The number of benzene rings is 2. The van der Waals surface area contributed by atoms with Gasteiger partial charge in [0.15, 0.2) is 0 Å². The zero-order valence-corrected chi connectivity index (χ0v) is 16.5. The second-order valence-corrected chi connectivity index (χ2v) is 6.78.